The molecule has 0 spiro atoms. The highest BCUT2D eigenvalue weighted by Crippen LogP contribution is 2.32. The van der Waals surface area contributed by atoms with E-state index in [1.807, 2.05) is 0 Å². The number of methoxy groups -OCH3 is 2. The van der Waals surface area contributed by atoms with E-state index in [1.165, 1.54) is 0 Å². The molecule has 0 unspecified atom stereocenters. The highest BCUT2D eigenvalue weighted by molar-refractivity contribution is 6.05. The molecule has 92 valence electrons. The molecule has 0 radical (unpaired) electrons. The molecule has 0 aliphatic heterocycles. The van der Waals surface area contributed by atoms with Crippen molar-refractivity contribution in [1.82, 2.24) is 0 Å². The number of hydrogen-bond donors (Lipinski definition) is 2. The Hall–Kier alpha value is -2.31. The van der Waals surface area contributed by atoms with Crippen molar-refractivity contribution in [2.24, 2.45) is 0 Å². The van der Waals surface area contributed by atoms with Crippen molar-refractivity contribution < 1.29 is 33.7 Å². The Balaban J connectivity index is 3.57. The van der Waals surface area contributed by atoms with Gasteiger partial charge in [-0.2, -0.15) is 4.39 Å². The topological polar surface area (TPSA) is 93.1 Å². The van der Waals surface area contributed by atoms with Crippen LogP contribution in [0.3, 0.4) is 0 Å². The fraction of sp³-hybridized carbons (Fsp3) is 0.200. The van der Waals surface area contributed by atoms with Crippen LogP contribution in [-0.4, -0.2) is 36.4 Å². The van der Waals surface area contributed by atoms with Crippen molar-refractivity contribution in [2.45, 2.75) is 0 Å². The van der Waals surface area contributed by atoms with Gasteiger partial charge in [-0.25, -0.2) is 9.59 Å². The fourth-order valence-electron chi connectivity index (χ4n) is 1.21. The number of carbonyl (C=O) groups is 2. The third kappa shape index (κ3) is 2.12. The van der Waals surface area contributed by atoms with Gasteiger partial charge in [0, 0.05) is 0 Å². The molecule has 0 aliphatic rings. The van der Waals surface area contributed by atoms with Crippen LogP contribution in [0.2, 0.25) is 0 Å². The highest BCUT2D eigenvalue weighted by atomic mass is 19.1. The summed E-state index contributed by atoms with van der Waals surface area (Å²) in [5, 5.41) is 18.5. The van der Waals surface area contributed by atoms with Gasteiger partial charge in [0.15, 0.2) is 11.5 Å². The number of ether oxygens (including phenoxy) is 2. The third-order valence-corrected chi connectivity index (χ3v) is 2.01. The molecular formula is C10H9FO6. The monoisotopic (exact) mass is 244 g/mol. The summed E-state index contributed by atoms with van der Waals surface area (Å²) in [6.07, 6.45) is 0. The van der Waals surface area contributed by atoms with Gasteiger partial charge in [0.05, 0.1) is 19.8 Å². The zero-order valence-electron chi connectivity index (χ0n) is 8.98. The van der Waals surface area contributed by atoms with Gasteiger partial charge in [0.2, 0.25) is 5.82 Å². The Kier molecular flexibility index (Phi) is 3.52. The van der Waals surface area contributed by atoms with E-state index in [2.05, 4.69) is 9.47 Å². The van der Waals surface area contributed by atoms with E-state index in [0.29, 0.717) is 6.07 Å². The normalized spacial score (nSPS) is 9.82. The second-order valence-electron chi connectivity index (χ2n) is 2.96. The second-order valence-corrected chi connectivity index (χ2v) is 2.96. The summed E-state index contributed by atoms with van der Waals surface area (Å²) in [6, 6.07) is 0.674. The summed E-state index contributed by atoms with van der Waals surface area (Å²) in [6.45, 7) is 0. The molecule has 0 saturated carbocycles. The first-order chi connectivity index (χ1) is 7.93. The van der Waals surface area contributed by atoms with E-state index in [4.69, 9.17) is 5.11 Å². The lowest BCUT2D eigenvalue weighted by molar-refractivity contribution is 0.0550. The van der Waals surface area contributed by atoms with Crippen molar-refractivity contribution in [3.63, 3.8) is 0 Å². The number of esters is 2. The van der Waals surface area contributed by atoms with E-state index >= 15 is 0 Å². The summed E-state index contributed by atoms with van der Waals surface area (Å²) < 4.78 is 21.8. The molecule has 17 heavy (non-hydrogen) atoms. The van der Waals surface area contributed by atoms with Crippen LogP contribution < -0.4 is 0 Å². The molecule has 0 atom stereocenters. The van der Waals surface area contributed by atoms with Crippen LogP contribution in [0.5, 0.6) is 11.5 Å². The van der Waals surface area contributed by atoms with Crippen molar-refractivity contribution in [3.05, 3.63) is 23.0 Å². The van der Waals surface area contributed by atoms with Crippen LogP contribution >= 0.6 is 0 Å². The highest BCUT2D eigenvalue weighted by Gasteiger charge is 2.27. The Morgan fingerprint density at radius 1 is 1.18 bits per heavy atom. The van der Waals surface area contributed by atoms with Crippen molar-refractivity contribution in [3.8, 4) is 11.5 Å². The van der Waals surface area contributed by atoms with Gasteiger partial charge in [-0.1, -0.05) is 0 Å². The summed E-state index contributed by atoms with van der Waals surface area (Å²) in [5.74, 6) is -5.70. The number of benzene rings is 1. The van der Waals surface area contributed by atoms with E-state index in [1.54, 1.807) is 0 Å². The Labute approximate surface area is 95.2 Å². The van der Waals surface area contributed by atoms with Crippen LogP contribution in [0.25, 0.3) is 0 Å². The molecular weight excluding hydrogens is 235 g/mol. The summed E-state index contributed by atoms with van der Waals surface area (Å²) in [7, 11) is 2.02. The minimum absolute atomic E-state index is 0.490. The standard InChI is InChI=1S/C10H9FO6/c1-16-9(14)4-3-5(12)7(11)8(13)6(4)10(15)17-2/h3,12-13H,1-2H3. The molecule has 0 bridgehead atoms. The van der Waals surface area contributed by atoms with Crippen LogP contribution in [0.15, 0.2) is 6.07 Å². The average Bonchev–Trinajstić information content (AvgIpc) is 2.33. The van der Waals surface area contributed by atoms with Gasteiger partial charge < -0.3 is 19.7 Å². The number of rotatable bonds is 2. The summed E-state index contributed by atoms with van der Waals surface area (Å²) in [4.78, 5) is 22.6. The lowest BCUT2D eigenvalue weighted by Gasteiger charge is -2.09. The summed E-state index contributed by atoms with van der Waals surface area (Å²) >= 11 is 0. The molecule has 0 amide bonds. The minimum Gasteiger partial charge on any atom is -0.505 e. The van der Waals surface area contributed by atoms with Gasteiger partial charge >= 0.3 is 11.9 Å². The van der Waals surface area contributed by atoms with E-state index in [9.17, 15) is 19.1 Å². The van der Waals surface area contributed by atoms with E-state index in [0.717, 1.165) is 14.2 Å². The molecule has 1 aromatic carbocycles. The van der Waals surface area contributed by atoms with Crippen molar-refractivity contribution in [1.29, 1.82) is 0 Å². The first-order valence-electron chi connectivity index (χ1n) is 4.35. The van der Waals surface area contributed by atoms with Gasteiger partial charge in [-0.3, -0.25) is 0 Å². The quantitative estimate of drug-likeness (QED) is 0.748. The maximum Gasteiger partial charge on any atom is 0.342 e. The molecule has 1 aromatic rings. The maximum absolute atomic E-state index is 13.2. The van der Waals surface area contributed by atoms with Gasteiger partial charge in [-0.05, 0) is 6.07 Å². The van der Waals surface area contributed by atoms with Crippen molar-refractivity contribution >= 4 is 11.9 Å². The maximum atomic E-state index is 13.2. The summed E-state index contributed by atoms with van der Waals surface area (Å²) in [5.41, 5.74) is -1.19. The predicted molar refractivity (Wildman–Crippen MR) is 52.4 cm³/mol. The molecule has 0 fully saturated rings. The Morgan fingerprint density at radius 3 is 2.18 bits per heavy atom. The van der Waals surface area contributed by atoms with Gasteiger partial charge in [-0.15, -0.1) is 0 Å². The number of carbonyl (C=O) groups excluding carboxylic acids is 2. The van der Waals surface area contributed by atoms with Crippen LogP contribution in [0.1, 0.15) is 20.7 Å². The average molecular weight is 244 g/mol. The predicted octanol–water partition coefficient (Wildman–Crippen LogP) is 0.810. The third-order valence-electron chi connectivity index (χ3n) is 2.01. The van der Waals surface area contributed by atoms with Crippen LogP contribution in [0.4, 0.5) is 4.39 Å². The first-order valence-corrected chi connectivity index (χ1v) is 4.35. The number of aromatic hydroxyl groups is 2. The number of phenols is 2. The molecule has 0 aromatic heterocycles. The number of halogens is 1. The molecule has 2 N–H and O–H groups in total. The molecule has 0 saturated heterocycles. The van der Waals surface area contributed by atoms with Crippen LogP contribution in [0, 0.1) is 5.82 Å². The molecule has 0 aliphatic carbocycles. The largest absolute Gasteiger partial charge is 0.505 e. The van der Waals surface area contributed by atoms with Gasteiger partial charge in [0.1, 0.15) is 5.56 Å². The Bertz CT molecular complexity index is 482. The van der Waals surface area contributed by atoms with Gasteiger partial charge in [0.25, 0.3) is 0 Å². The number of hydrogen-bond acceptors (Lipinski definition) is 6. The SMILES string of the molecule is COC(=O)c1cc(O)c(F)c(O)c1C(=O)OC. The first kappa shape index (κ1) is 12.8. The fourth-order valence-corrected chi connectivity index (χ4v) is 1.21. The Morgan fingerprint density at radius 2 is 1.71 bits per heavy atom. The van der Waals surface area contributed by atoms with Crippen LogP contribution in [-0.2, 0) is 9.47 Å². The lowest BCUT2D eigenvalue weighted by Crippen LogP contribution is -2.12. The van der Waals surface area contributed by atoms with E-state index in [-0.39, 0.29) is 0 Å². The molecule has 7 heteroatoms. The van der Waals surface area contributed by atoms with E-state index < -0.39 is 40.4 Å². The lowest BCUT2D eigenvalue weighted by atomic mass is 10.1. The second kappa shape index (κ2) is 4.69. The number of phenolic OH excluding ortho intramolecular Hbond substituents is 2. The zero-order valence-corrected chi connectivity index (χ0v) is 8.98. The van der Waals surface area contributed by atoms with Crippen molar-refractivity contribution in [2.75, 3.05) is 14.2 Å². The molecule has 0 heterocycles. The smallest absolute Gasteiger partial charge is 0.342 e. The molecule has 6 nitrogen and oxygen atoms in total. The molecule has 1 rings (SSSR count). The zero-order chi connectivity index (χ0) is 13.2. The minimum atomic E-state index is -1.42.